The minimum Gasteiger partial charge on any atom is -0.480 e. The molecule has 0 bridgehead atoms. The minimum atomic E-state index is -4.72. The largest absolute Gasteiger partial charge is 0.480 e. The molecule has 13 heteroatoms. The third kappa shape index (κ3) is 7.23. The van der Waals surface area contributed by atoms with Gasteiger partial charge >= 0.3 is 12.1 Å². The van der Waals surface area contributed by atoms with Crippen molar-refractivity contribution in [2.45, 2.75) is 44.4 Å². The number of alkyl halides is 3. The Morgan fingerprint density at radius 1 is 1.04 bits per heavy atom. The standard InChI is InChI=1S/C33H29ClF5N3O4/c1-17-4-6-22(24(34)13-17)23-7-5-19(21-3-2-10-40-29(21)23)14-27(32(44)45)42-31(43)28-25(35)15-20(16-26(28)36)41-30(33(37,38)39)18-8-11-46-12-9-18/h2-7,10,13,15-16,18,27,30,41H,8-9,11-12,14H2,1H3,(H,42,43)(H,44,45)/t27-,30+/m0/s1. The van der Waals surface area contributed by atoms with Crippen LogP contribution in [0.15, 0.2) is 60.8 Å². The first-order valence-electron chi connectivity index (χ1n) is 14.4. The average Bonchev–Trinajstić information content (AvgIpc) is 2.99. The Balaban J connectivity index is 1.38. The van der Waals surface area contributed by atoms with Crippen molar-refractivity contribution in [3.63, 3.8) is 0 Å². The third-order valence-electron chi connectivity index (χ3n) is 7.98. The highest BCUT2D eigenvalue weighted by atomic mass is 35.5. The molecule has 1 aliphatic rings. The van der Waals surface area contributed by atoms with E-state index in [1.807, 2.05) is 19.1 Å². The average molecular weight is 662 g/mol. The second kappa shape index (κ2) is 13.6. The highest BCUT2D eigenvalue weighted by Crippen LogP contribution is 2.36. The second-order valence-corrected chi connectivity index (χ2v) is 11.6. The van der Waals surface area contributed by atoms with E-state index in [0.29, 0.717) is 44.7 Å². The number of nitrogens with zero attached hydrogens (tertiary/aromatic N) is 1. The maximum absolute atomic E-state index is 15.1. The summed E-state index contributed by atoms with van der Waals surface area (Å²) in [6.07, 6.45) is -3.21. The van der Waals surface area contributed by atoms with Crippen molar-refractivity contribution in [2.75, 3.05) is 18.5 Å². The number of nitrogens with one attached hydrogen (secondary N) is 2. The van der Waals surface area contributed by atoms with Gasteiger partial charge in [0.15, 0.2) is 0 Å². The fourth-order valence-electron chi connectivity index (χ4n) is 5.69. The summed E-state index contributed by atoms with van der Waals surface area (Å²) in [7, 11) is 0. The van der Waals surface area contributed by atoms with Gasteiger partial charge in [0.2, 0.25) is 0 Å². The van der Waals surface area contributed by atoms with Crippen molar-refractivity contribution in [3.8, 4) is 11.1 Å². The highest BCUT2D eigenvalue weighted by Gasteiger charge is 2.45. The summed E-state index contributed by atoms with van der Waals surface area (Å²) in [6.45, 7) is 2.15. The number of benzene rings is 3. The molecule has 7 nitrogen and oxygen atoms in total. The number of aromatic nitrogens is 1. The summed E-state index contributed by atoms with van der Waals surface area (Å²) >= 11 is 6.49. The van der Waals surface area contributed by atoms with Gasteiger partial charge in [0.05, 0.1) is 5.52 Å². The van der Waals surface area contributed by atoms with E-state index in [9.17, 15) is 27.9 Å². The molecule has 5 rings (SSSR count). The number of amides is 1. The van der Waals surface area contributed by atoms with Crippen molar-refractivity contribution < 1.29 is 41.4 Å². The fourth-order valence-corrected chi connectivity index (χ4v) is 6.02. The molecule has 3 N–H and O–H groups in total. The Morgan fingerprint density at radius 3 is 2.35 bits per heavy atom. The van der Waals surface area contributed by atoms with E-state index in [1.54, 1.807) is 36.5 Å². The number of aryl methyl sites for hydroxylation is 1. The number of pyridine rings is 1. The predicted molar refractivity (Wildman–Crippen MR) is 163 cm³/mol. The molecule has 1 aliphatic heterocycles. The van der Waals surface area contributed by atoms with Gasteiger partial charge in [-0.05, 0) is 61.1 Å². The number of hydrogen-bond donors (Lipinski definition) is 3. The number of halogens is 6. The molecule has 0 spiro atoms. The van der Waals surface area contributed by atoms with Gasteiger partial charge in [-0.25, -0.2) is 13.6 Å². The van der Waals surface area contributed by atoms with E-state index in [-0.39, 0.29) is 32.5 Å². The van der Waals surface area contributed by atoms with Gasteiger partial charge in [0.1, 0.15) is 29.3 Å². The first-order valence-corrected chi connectivity index (χ1v) is 14.8. The topological polar surface area (TPSA) is 101 Å². The maximum Gasteiger partial charge on any atom is 0.408 e. The molecule has 0 aliphatic carbocycles. The smallest absolute Gasteiger partial charge is 0.408 e. The number of aliphatic carboxylic acids is 1. The summed E-state index contributed by atoms with van der Waals surface area (Å²) in [6, 6.07) is 9.76. The second-order valence-electron chi connectivity index (χ2n) is 11.2. The van der Waals surface area contributed by atoms with Crippen molar-refractivity contribution in [2.24, 2.45) is 5.92 Å². The predicted octanol–water partition coefficient (Wildman–Crippen LogP) is 7.34. The molecule has 1 aromatic heterocycles. The fraction of sp³-hybridized carbons (Fsp3) is 0.303. The monoisotopic (exact) mass is 661 g/mol. The van der Waals surface area contributed by atoms with Crippen LogP contribution in [0.25, 0.3) is 22.0 Å². The molecular weight excluding hydrogens is 633 g/mol. The van der Waals surface area contributed by atoms with Gasteiger partial charge in [-0.15, -0.1) is 0 Å². The van der Waals surface area contributed by atoms with Crippen LogP contribution in [0.4, 0.5) is 27.6 Å². The lowest BCUT2D eigenvalue weighted by Crippen LogP contribution is -2.44. The molecule has 1 amide bonds. The van der Waals surface area contributed by atoms with Crippen LogP contribution in [0.3, 0.4) is 0 Å². The number of carboxylic acids is 1. The van der Waals surface area contributed by atoms with Gasteiger partial charge in [-0.2, -0.15) is 13.2 Å². The maximum atomic E-state index is 15.1. The molecule has 242 valence electrons. The molecule has 0 radical (unpaired) electrons. The Morgan fingerprint density at radius 2 is 1.72 bits per heavy atom. The number of hydrogen-bond acceptors (Lipinski definition) is 5. The first kappa shape index (κ1) is 33.1. The lowest BCUT2D eigenvalue weighted by Gasteiger charge is -2.33. The van der Waals surface area contributed by atoms with Crippen molar-refractivity contribution in [3.05, 3.63) is 94.1 Å². The van der Waals surface area contributed by atoms with E-state index >= 15 is 8.78 Å². The molecule has 2 heterocycles. The number of ether oxygens (including phenoxy) is 1. The Hall–Kier alpha value is -4.29. The molecular formula is C33H29ClF5N3O4. The normalized spacial score (nSPS) is 15.4. The van der Waals surface area contributed by atoms with Crippen LogP contribution in [0.2, 0.25) is 5.02 Å². The Bertz CT molecular complexity index is 1760. The Labute approximate surface area is 265 Å². The minimum absolute atomic E-state index is 0.104. The molecule has 2 atom stereocenters. The highest BCUT2D eigenvalue weighted by molar-refractivity contribution is 6.33. The number of carbonyl (C=O) groups is 2. The van der Waals surface area contributed by atoms with E-state index < -0.39 is 58.9 Å². The first-order chi connectivity index (χ1) is 21.8. The van der Waals surface area contributed by atoms with Gasteiger partial charge < -0.3 is 20.5 Å². The van der Waals surface area contributed by atoms with Gasteiger partial charge in [0, 0.05) is 53.1 Å². The van der Waals surface area contributed by atoms with E-state index in [1.165, 1.54) is 0 Å². The number of anilines is 1. The molecule has 0 unspecified atom stereocenters. The van der Waals surface area contributed by atoms with Crippen molar-refractivity contribution >= 4 is 40.1 Å². The van der Waals surface area contributed by atoms with Crippen molar-refractivity contribution in [1.82, 2.24) is 10.3 Å². The lowest BCUT2D eigenvalue weighted by molar-refractivity contribution is -0.159. The van der Waals surface area contributed by atoms with E-state index in [0.717, 1.165) is 5.56 Å². The van der Waals surface area contributed by atoms with Crippen LogP contribution >= 0.6 is 11.6 Å². The van der Waals surface area contributed by atoms with Gasteiger partial charge in [0.25, 0.3) is 5.91 Å². The van der Waals surface area contributed by atoms with E-state index in [4.69, 9.17) is 16.3 Å². The number of carboxylic acid groups (broad SMARTS) is 1. The molecule has 3 aromatic carbocycles. The van der Waals surface area contributed by atoms with Crippen LogP contribution in [0, 0.1) is 24.5 Å². The molecule has 1 saturated heterocycles. The SMILES string of the molecule is Cc1ccc(-c2ccc(C[C@H](NC(=O)c3c(F)cc(N[C@H](C4CCOCC4)C(F)(F)F)cc3F)C(=O)O)c3cccnc23)c(Cl)c1. The summed E-state index contributed by atoms with van der Waals surface area (Å²) in [5, 5.41) is 15.3. The number of rotatable bonds is 9. The third-order valence-corrected chi connectivity index (χ3v) is 8.30. The van der Waals surface area contributed by atoms with Crippen LogP contribution in [-0.2, 0) is 16.0 Å². The molecule has 0 saturated carbocycles. The summed E-state index contributed by atoms with van der Waals surface area (Å²) in [5.41, 5.74) is 1.74. The quantitative estimate of drug-likeness (QED) is 0.162. The van der Waals surface area contributed by atoms with Crippen LogP contribution < -0.4 is 10.6 Å². The van der Waals surface area contributed by atoms with E-state index in [2.05, 4.69) is 15.6 Å². The number of fused-ring (bicyclic) bond motifs is 1. The number of carbonyl (C=O) groups excluding carboxylic acids is 1. The van der Waals surface area contributed by atoms with Crippen LogP contribution in [0.1, 0.15) is 34.3 Å². The van der Waals surface area contributed by atoms with Crippen LogP contribution in [-0.4, -0.2) is 53.4 Å². The summed E-state index contributed by atoms with van der Waals surface area (Å²) in [5.74, 6) is -6.64. The van der Waals surface area contributed by atoms with Crippen LogP contribution in [0.5, 0.6) is 0 Å². The molecule has 46 heavy (non-hydrogen) atoms. The Kier molecular flexibility index (Phi) is 9.78. The van der Waals surface area contributed by atoms with Gasteiger partial charge in [-0.3, -0.25) is 9.78 Å². The zero-order valence-electron chi connectivity index (χ0n) is 24.4. The molecule has 1 fully saturated rings. The molecule has 4 aromatic rings. The summed E-state index contributed by atoms with van der Waals surface area (Å²) < 4.78 is 76.7. The van der Waals surface area contributed by atoms with Gasteiger partial charge in [-0.1, -0.05) is 41.9 Å². The lowest BCUT2D eigenvalue weighted by atomic mass is 9.91. The van der Waals surface area contributed by atoms with Crippen molar-refractivity contribution in [1.29, 1.82) is 0 Å². The zero-order chi connectivity index (χ0) is 33.2. The summed E-state index contributed by atoms with van der Waals surface area (Å²) in [4.78, 5) is 29.7. The zero-order valence-corrected chi connectivity index (χ0v) is 25.2.